The summed E-state index contributed by atoms with van der Waals surface area (Å²) in [7, 11) is 0. The van der Waals surface area contributed by atoms with E-state index in [1.807, 2.05) is 31.2 Å². The van der Waals surface area contributed by atoms with Crippen molar-refractivity contribution in [2.24, 2.45) is 11.8 Å². The Morgan fingerprint density at radius 3 is 2.41 bits per heavy atom. The van der Waals surface area contributed by atoms with Gasteiger partial charge >= 0.3 is 5.97 Å². The summed E-state index contributed by atoms with van der Waals surface area (Å²) in [5.74, 6) is -2.59. The molecule has 2 unspecified atom stereocenters. The molecule has 4 rings (SSSR count). The highest BCUT2D eigenvalue weighted by Crippen LogP contribution is 2.63. The lowest BCUT2D eigenvalue weighted by Gasteiger charge is -2.37. The standard InChI is InChI=1S/C32H45N3O6/c1-6-10-22-40-30(39)26-25-28(37)35(20-11-12-21-36)27(32(25)18-17-31(26,5)41-32)29(38)34(19-7-2)24-15-13-23(14-16-24)33(8-3)9-4/h6-7,13-16,25-27,36H,1-2,8-12,17-22H2,3-5H3/t25-,26-,27?,31+,32?/m0/s1. The fourth-order valence-electron chi connectivity index (χ4n) is 7.06. The fraction of sp³-hybridized carbons (Fsp3) is 0.594. The lowest BCUT2D eigenvalue weighted by Crippen LogP contribution is -2.56. The number of benzene rings is 1. The molecule has 3 heterocycles. The van der Waals surface area contributed by atoms with Gasteiger partial charge in [0.2, 0.25) is 5.91 Å². The van der Waals surface area contributed by atoms with E-state index in [4.69, 9.17) is 9.47 Å². The molecule has 1 aromatic rings. The van der Waals surface area contributed by atoms with Gasteiger partial charge in [-0.25, -0.2) is 0 Å². The summed E-state index contributed by atoms with van der Waals surface area (Å²) in [4.78, 5) is 47.6. The number of esters is 1. The Morgan fingerprint density at radius 1 is 1.12 bits per heavy atom. The molecular weight excluding hydrogens is 522 g/mol. The van der Waals surface area contributed by atoms with Crippen LogP contribution in [0.1, 0.15) is 52.9 Å². The molecule has 3 saturated heterocycles. The van der Waals surface area contributed by atoms with Crippen LogP contribution in [0.25, 0.3) is 0 Å². The molecule has 1 spiro atoms. The van der Waals surface area contributed by atoms with E-state index < -0.39 is 35.0 Å². The minimum Gasteiger partial charge on any atom is -0.465 e. The number of amides is 2. The van der Waals surface area contributed by atoms with Crippen LogP contribution in [0.5, 0.6) is 0 Å². The number of carbonyl (C=O) groups excluding carboxylic acids is 3. The average molecular weight is 568 g/mol. The number of ether oxygens (including phenoxy) is 2. The third-order valence-corrected chi connectivity index (χ3v) is 9.01. The Kier molecular flexibility index (Phi) is 9.59. The molecule has 3 aliphatic heterocycles. The second-order valence-corrected chi connectivity index (χ2v) is 11.4. The molecule has 41 heavy (non-hydrogen) atoms. The van der Waals surface area contributed by atoms with E-state index >= 15 is 0 Å². The normalized spacial score (nSPS) is 28.0. The number of hydrogen-bond acceptors (Lipinski definition) is 7. The third kappa shape index (κ3) is 5.42. The quantitative estimate of drug-likeness (QED) is 0.196. The van der Waals surface area contributed by atoms with Crippen molar-refractivity contribution in [3.8, 4) is 0 Å². The van der Waals surface area contributed by atoms with Crippen LogP contribution in [0, 0.1) is 11.8 Å². The zero-order valence-corrected chi connectivity index (χ0v) is 24.7. The van der Waals surface area contributed by atoms with Gasteiger partial charge in [-0.2, -0.15) is 0 Å². The van der Waals surface area contributed by atoms with E-state index in [0.717, 1.165) is 18.8 Å². The van der Waals surface area contributed by atoms with Gasteiger partial charge in [-0.15, -0.1) is 13.2 Å². The fourth-order valence-corrected chi connectivity index (χ4v) is 7.06. The molecule has 0 saturated carbocycles. The van der Waals surface area contributed by atoms with Gasteiger partial charge in [-0.3, -0.25) is 14.4 Å². The maximum atomic E-state index is 14.6. The number of aliphatic hydroxyl groups excluding tert-OH is 1. The number of anilines is 2. The minimum absolute atomic E-state index is 0.0104. The number of carbonyl (C=O) groups is 3. The Hall–Kier alpha value is -3.17. The molecule has 224 valence electrons. The molecule has 9 nitrogen and oxygen atoms in total. The number of aliphatic hydroxyl groups is 1. The summed E-state index contributed by atoms with van der Waals surface area (Å²) in [6, 6.07) is 6.93. The summed E-state index contributed by atoms with van der Waals surface area (Å²) in [5.41, 5.74) is -0.262. The van der Waals surface area contributed by atoms with E-state index in [-0.39, 0.29) is 38.1 Å². The highest BCUT2D eigenvalue weighted by molar-refractivity contribution is 6.05. The Bertz CT molecular complexity index is 1130. The number of rotatable bonds is 15. The minimum atomic E-state index is -1.13. The van der Waals surface area contributed by atoms with E-state index in [1.54, 1.807) is 22.0 Å². The lowest BCUT2D eigenvalue weighted by molar-refractivity contribution is -0.159. The molecule has 5 atom stereocenters. The number of unbranched alkanes of at least 4 members (excludes halogenated alkanes) is 1. The number of hydrogen-bond donors (Lipinski definition) is 1. The van der Waals surface area contributed by atoms with Crippen LogP contribution in [0.3, 0.4) is 0 Å². The Balaban J connectivity index is 1.72. The first-order valence-electron chi connectivity index (χ1n) is 14.9. The molecule has 1 N–H and O–H groups in total. The topological polar surface area (TPSA) is 99.6 Å². The van der Waals surface area contributed by atoms with Crippen LogP contribution < -0.4 is 9.80 Å². The van der Waals surface area contributed by atoms with Crippen LogP contribution in [0.15, 0.2) is 49.6 Å². The molecule has 0 aromatic heterocycles. The SMILES string of the molecule is C=CCCOC(=O)[C@@H]1[C@H]2C(=O)N(CCCCO)C(C(=O)N(CC=C)c3ccc(N(CC)CC)cc3)C23CC[C@@]1(C)O3. The number of nitrogens with zero attached hydrogens (tertiary/aromatic N) is 3. The smallest absolute Gasteiger partial charge is 0.312 e. The Morgan fingerprint density at radius 2 is 1.80 bits per heavy atom. The van der Waals surface area contributed by atoms with Crippen molar-refractivity contribution in [3.63, 3.8) is 0 Å². The summed E-state index contributed by atoms with van der Waals surface area (Å²) in [5, 5.41) is 9.42. The van der Waals surface area contributed by atoms with Gasteiger partial charge in [0, 0.05) is 44.2 Å². The summed E-state index contributed by atoms with van der Waals surface area (Å²) >= 11 is 0. The Labute approximate surface area is 243 Å². The van der Waals surface area contributed by atoms with Gasteiger partial charge in [-0.1, -0.05) is 12.2 Å². The molecular formula is C32H45N3O6. The van der Waals surface area contributed by atoms with Crippen LogP contribution in [0.2, 0.25) is 0 Å². The summed E-state index contributed by atoms with van der Waals surface area (Å²) in [6.07, 6.45) is 5.93. The molecule has 9 heteroatoms. The number of fused-ring (bicyclic) bond motifs is 1. The first kappa shape index (κ1) is 30.8. The lowest BCUT2D eigenvalue weighted by atomic mass is 9.66. The van der Waals surface area contributed by atoms with Crippen LogP contribution in [-0.4, -0.2) is 84.4 Å². The zero-order chi connectivity index (χ0) is 29.8. The van der Waals surface area contributed by atoms with Gasteiger partial charge in [-0.05, 0) is 77.1 Å². The van der Waals surface area contributed by atoms with Crippen molar-refractivity contribution in [3.05, 3.63) is 49.6 Å². The zero-order valence-electron chi connectivity index (χ0n) is 24.7. The van der Waals surface area contributed by atoms with Crippen molar-refractivity contribution in [2.75, 3.05) is 49.2 Å². The van der Waals surface area contributed by atoms with Gasteiger partial charge in [0.1, 0.15) is 17.6 Å². The van der Waals surface area contributed by atoms with Gasteiger partial charge in [0.05, 0.1) is 18.1 Å². The highest BCUT2D eigenvalue weighted by Gasteiger charge is 2.78. The van der Waals surface area contributed by atoms with E-state index in [0.29, 0.717) is 37.8 Å². The van der Waals surface area contributed by atoms with Crippen LogP contribution >= 0.6 is 0 Å². The van der Waals surface area contributed by atoms with Crippen molar-refractivity contribution in [1.29, 1.82) is 0 Å². The van der Waals surface area contributed by atoms with Gasteiger partial charge in [0.25, 0.3) is 5.91 Å². The predicted octanol–water partition coefficient (Wildman–Crippen LogP) is 3.71. The van der Waals surface area contributed by atoms with Gasteiger partial charge < -0.3 is 29.3 Å². The molecule has 1 aromatic carbocycles. The maximum absolute atomic E-state index is 14.6. The second-order valence-electron chi connectivity index (χ2n) is 11.4. The molecule has 3 fully saturated rings. The first-order valence-corrected chi connectivity index (χ1v) is 14.9. The van der Waals surface area contributed by atoms with Crippen molar-refractivity contribution < 1.29 is 29.0 Å². The van der Waals surface area contributed by atoms with Crippen LogP contribution in [0.4, 0.5) is 11.4 Å². The monoisotopic (exact) mass is 567 g/mol. The predicted molar refractivity (Wildman–Crippen MR) is 159 cm³/mol. The third-order valence-electron chi connectivity index (χ3n) is 9.01. The second kappa shape index (κ2) is 12.8. The van der Waals surface area contributed by atoms with Crippen LogP contribution in [-0.2, 0) is 23.9 Å². The molecule has 0 aliphatic carbocycles. The van der Waals surface area contributed by atoms with Gasteiger partial charge in [0.15, 0.2) is 0 Å². The molecule has 3 aliphatic rings. The van der Waals surface area contributed by atoms with E-state index in [1.165, 1.54) is 0 Å². The van der Waals surface area contributed by atoms with E-state index in [2.05, 4.69) is 31.9 Å². The largest absolute Gasteiger partial charge is 0.465 e. The average Bonchev–Trinajstić information content (AvgIpc) is 3.53. The summed E-state index contributed by atoms with van der Waals surface area (Å²) < 4.78 is 12.2. The molecule has 2 amide bonds. The molecule has 2 bridgehead atoms. The van der Waals surface area contributed by atoms with E-state index in [9.17, 15) is 19.5 Å². The number of likely N-dealkylation sites (tertiary alicyclic amines) is 1. The first-order chi connectivity index (χ1) is 19.7. The van der Waals surface area contributed by atoms with Crippen molar-refractivity contribution >= 4 is 29.2 Å². The maximum Gasteiger partial charge on any atom is 0.312 e. The highest BCUT2D eigenvalue weighted by atomic mass is 16.6. The van der Waals surface area contributed by atoms with Crippen molar-refractivity contribution in [1.82, 2.24) is 4.90 Å². The van der Waals surface area contributed by atoms with Crippen molar-refractivity contribution in [2.45, 2.75) is 70.1 Å². The summed E-state index contributed by atoms with van der Waals surface area (Å²) in [6.45, 7) is 16.1. The molecule has 0 radical (unpaired) electrons.